The third kappa shape index (κ3) is 4.69. The summed E-state index contributed by atoms with van der Waals surface area (Å²) in [5, 5.41) is 0. The number of hydrogen-bond donors (Lipinski definition) is 1. The van der Waals surface area contributed by atoms with Crippen LogP contribution in [0, 0.1) is 11.8 Å². The molecule has 0 aromatic carbocycles. The molecule has 0 spiro atoms. The van der Waals surface area contributed by atoms with E-state index in [0.29, 0.717) is 24.9 Å². The van der Waals surface area contributed by atoms with E-state index in [0.717, 1.165) is 10.7 Å². The molecule has 0 aromatic rings. The molecule has 8 heteroatoms. The first-order valence-corrected chi connectivity index (χ1v) is 8.19. The lowest BCUT2D eigenvalue weighted by Gasteiger charge is -2.36. The number of rotatable bonds is 7. The zero-order valence-corrected chi connectivity index (χ0v) is 13.2. The van der Waals surface area contributed by atoms with Gasteiger partial charge in [-0.05, 0) is 18.3 Å². The number of carbonyl (C=O) groups is 1. The SMILES string of the molecule is COCCN(CC(N)=O)S(=O)(=O)N1C[C@@H](C)C[C@H](C)C1. The Morgan fingerprint density at radius 2 is 1.90 bits per heavy atom. The van der Waals surface area contributed by atoms with Gasteiger partial charge in [0.2, 0.25) is 5.91 Å². The van der Waals surface area contributed by atoms with Crippen LogP contribution in [0.25, 0.3) is 0 Å². The van der Waals surface area contributed by atoms with Gasteiger partial charge in [0.15, 0.2) is 0 Å². The third-order valence-electron chi connectivity index (χ3n) is 3.36. The minimum Gasteiger partial charge on any atom is -0.383 e. The van der Waals surface area contributed by atoms with E-state index < -0.39 is 16.1 Å². The molecule has 7 nitrogen and oxygen atoms in total. The summed E-state index contributed by atoms with van der Waals surface area (Å²) >= 11 is 0. The zero-order valence-electron chi connectivity index (χ0n) is 12.4. The predicted octanol–water partition coefficient (Wildman–Crippen LogP) is -0.357. The van der Waals surface area contributed by atoms with Gasteiger partial charge >= 0.3 is 0 Å². The van der Waals surface area contributed by atoms with Crippen molar-refractivity contribution in [1.82, 2.24) is 8.61 Å². The van der Waals surface area contributed by atoms with Gasteiger partial charge in [-0.3, -0.25) is 4.79 Å². The van der Waals surface area contributed by atoms with E-state index in [1.54, 1.807) is 0 Å². The maximum atomic E-state index is 12.6. The lowest BCUT2D eigenvalue weighted by atomic mass is 9.94. The first kappa shape index (κ1) is 17.4. The molecule has 1 rings (SSSR count). The van der Waals surface area contributed by atoms with Gasteiger partial charge in [0.1, 0.15) is 0 Å². The minimum atomic E-state index is -3.67. The molecule has 0 aliphatic carbocycles. The summed E-state index contributed by atoms with van der Waals surface area (Å²) in [6, 6.07) is 0. The Morgan fingerprint density at radius 1 is 1.35 bits per heavy atom. The molecule has 0 saturated carbocycles. The molecule has 0 radical (unpaired) electrons. The Morgan fingerprint density at radius 3 is 2.35 bits per heavy atom. The Labute approximate surface area is 121 Å². The van der Waals surface area contributed by atoms with Crippen molar-refractivity contribution in [3.63, 3.8) is 0 Å². The summed E-state index contributed by atoms with van der Waals surface area (Å²) in [5.74, 6) is -0.0412. The highest BCUT2D eigenvalue weighted by molar-refractivity contribution is 7.86. The standard InChI is InChI=1S/C12H25N3O4S/c1-10-6-11(2)8-15(7-10)20(17,18)14(4-5-19-3)9-12(13)16/h10-11H,4-9H2,1-3H3,(H2,13,16)/t10-,11-/m0/s1. The number of nitrogens with two attached hydrogens (primary N) is 1. The fourth-order valence-corrected chi connectivity index (χ4v) is 4.41. The number of amides is 1. The van der Waals surface area contributed by atoms with Crippen LogP contribution in [0.4, 0.5) is 0 Å². The monoisotopic (exact) mass is 307 g/mol. The number of ether oxygens (including phenoxy) is 1. The molecular weight excluding hydrogens is 282 g/mol. The van der Waals surface area contributed by atoms with E-state index in [4.69, 9.17) is 10.5 Å². The highest BCUT2D eigenvalue weighted by Crippen LogP contribution is 2.24. The number of piperidine rings is 1. The van der Waals surface area contributed by atoms with Gasteiger partial charge in [-0.1, -0.05) is 13.8 Å². The smallest absolute Gasteiger partial charge is 0.282 e. The second-order valence-electron chi connectivity index (χ2n) is 5.56. The highest BCUT2D eigenvalue weighted by Gasteiger charge is 2.35. The summed E-state index contributed by atoms with van der Waals surface area (Å²) in [4.78, 5) is 11.1. The number of carbonyl (C=O) groups excluding carboxylic acids is 1. The second-order valence-corrected chi connectivity index (χ2v) is 7.49. The molecule has 118 valence electrons. The van der Waals surface area contributed by atoms with Crippen molar-refractivity contribution in [1.29, 1.82) is 0 Å². The van der Waals surface area contributed by atoms with Crippen LogP contribution in [0.15, 0.2) is 0 Å². The fourth-order valence-electron chi connectivity index (χ4n) is 2.60. The van der Waals surface area contributed by atoms with Crippen LogP contribution in [0.3, 0.4) is 0 Å². The molecule has 1 aliphatic heterocycles. The number of methoxy groups -OCH3 is 1. The van der Waals surface area contributed by atoms with Crippen LogP contribution in [0.5, 0.6) is 0 Å². The Bertz CT molecular complexity index is 416. The summed E-state index contributed by atoms with van der Waals surface area (Å²) in [6.07, 6.45) is 1.01. The second kappa shape index (κ2) is 7.35. The van der Waals surface area contributed by atoms with Gasteiger partial charge in [0.25, 0.3) is 10.2 Å². The molecule has 0 aromatic heterocycles. The average Bonchev–Trinajstić information content (AvgIpc) is 2.32. The van der Waals surface area contributed by atoms with Crippen molar-refractivity contribution in [3.8, 4) is 0 Å². The molecule has 0 unspecified atom stereocenters. The van der Waals surface area contributed by atoms with Crippen LogP contribution in [0.1, 0.15) is 20.3 Å². The average molecular weight is 307 g/mol. The van der Waals surface area contributed by atoms with Crippen LogP contribution >= 0.6 is 0 Å². The van der Waals surface area contributed by atoms with Crippen molar-refractivity contribution < 1.29 is 17.9 Å². The minimum absolute atomic E-state index is 0.126. The van der Waals surface area contributed by atoms with E-state index >= 15 is 0 Å². The van der Waals surface area contributed by atoms with Crippen molar-refractivity contribution in [2.75, 3.05) is 39.9 Å². The molecule has 1 heterocycles. The van der Waals surface area contributed by atoms with E-state index in [2.05, 4.69) is 0 Å². The predicted molar refractivity (Wildman–Crippen MR) is 76.1 cm³/mol. The third-order valence-corrected chi connectivity index (χ3v) is 5.28. The molecular formula is C12H25N3O4S. The summed E-state index contributed by atoms with van der Waals surface area (Å²) in [7, 11) is -2.19. The zero-order chi connectivity index (χ0) is 15.3. The lowest BCUT2D eigenvalue weighted by Crippen LogP contribution is -2.52. The molecule has 0 bridgehead atoms. The molecule has 2 N–H and O–H groups in total. The van der Waals surface area contributed by atoms with Gasteiger partial charge in [-0.25, -0.2) is 0 Å². The Balaban J connectivity index is 2.87. The van der Waals surface area contributed by atoms with Gasteiger partial charge in [0, 0.05) is 26.7 Å². The van der Waals surface area contributed by atoms with Crippen LogP contribution in [0.2, 0.25) is 0 Å². The van der Waals surface area contributed by atoms with Gasteiger partial charge in [-0.2, -0.15) is 17.0 Å². The van der Waals surface area contributed by atoms with Crippen molar-refractivity contribution in [3.05, 3.63) is 0 Å². The maximum Gasteiger partial charge on any atom is 0.282 e. The van der Waals surface area contributed by atoms with E-state index in [1.807, 2.05) is 13.8 Å². The summed E-state index contributed by atoms with van der Waals surface area (Å²) in [6.45, 7) is 5.07. The van der Waals surface area contributed by atoms with Crippen LogP contribution in [-0.4, -0.2) is 62.8 Å². The van der Waals surface area contributed by atoms with Crippen LogP contribution in [-0.2, 0) is 19.7 Å². The molecule has 1 aliphatic rings. The summed E-state index contributed by atoms with van der Waals surface area (Å²) in [5.41, 5.74) is 5.14. The molecule has 1 saturated heterocycles. The van der Waals surface area contributed by atoms with E-state index in [1.165, 1.54) is 11.4 Å². The fraction of sp³-hybridized carbons (Fsp3) is 0.917. The highest BCUT2D eigenvalue weighted by atomic mass is 32.2. The maximum absolute atomic E-state index is 12.6. The molecule has 1 fully saturated rings. The quantitative estimate of drug-likeness (QED) is 0.695. The first-order valence-electron chi connectivity index (χ1n) is 6.79. The van der Waals surface area contributed by atoms with Crippen molar-refractivity contribution in [2.45, 2.75) is 20.3 Å². The summed E-state index contributed by atoms with van der Waals surface area (Å²) < 4.78 is 32.7. The lowest BCUT2D eigenvalue weighted by molar-refractivity contribution is -0.118. The van der Waals surface area contributed by atoms with Crippen molar-refractivity contribution >= 4 is 16.1 Å². The Kier molecular flexibility index (Phi) is 6.38. The number of hydrogen-bond acceptors (Lipinski definition) is 4. The Hall–Kier alpha value is -0.700. The molecule has 2 atom stereocenters. The first-order chi connectivity index (χ1) is 9.27. The van der Waals surface area contributed by atoms with Gasteiger partial charge in [0.05, 0.1) is 13.2 Å². The van der Waals surface area contributed by atoms with Gasteiger partial charge < -0.3 is 10.5 Å². The largest absolute Gasteiger partial charge is 0.383 e. The van der Waals surface area contributed by atoms with Crippen LogP contribution < -0.4 is 5.73 Å². The number of primary amides is 1. The molecule has 20 heavy (non-hydrogen) atoms. The number of nitrogens with zero attached hydrogens (tertiary/aromatic N) is 2. The van der Waals surface area contributed by atoms with E-state index in [-0.39, 0.29) is 19.7 Å². The van der Waals surface area contributed by atoms with Crippen molar-refractivity contribution in [2.24, 2.45) is 17.6 Å². The molecule has 1 amide bonds. The topological polar surface area (TPSA) is 92.9 Å². The van der Waals surface area contributed by atoms with E-state index in [9.17, 15) is 13.2 Å². The normalized spacial score (nSPS) is 25.0. The van der Waals surface area contributed by atoms with Gasteiger partial charge in [-0.15, -0.1) is 0 Å².